The number of anilines is 2. The molecule has 0 fully saturated rings. The Labute approximate surface area is 189 Å². The topological polar surface area (TPSA) is 84.9 Å². The Morgan fingerprint density at radius 2 is 1.87 bits per heavy atom. The van der Waals surface area contributed by atoms with E-state index in [1.54, 1.807) is 30.3 Å². The molecule has 2 aromatic carbocycles. The summed E-state index contributed by atoms with van der Waals surface area (Å²) in [4.78, 5) is 38.8. The molecule has 162 valence electrons. The number of benzene rings is 2. The molecule has 0 aliphatic carbocycles. The van der Waals surface area contributed by atoms with Crippen molar-refractivity contribution in [3.8, 4) is 5.75 Å². The number of nitrogens with zero attached hydrogens (tertiary/aromatic N) is 1. The van der Waals surface area contributed by atoms with Crippen LogP contribution in [0.2, 0.25) is 5.02 Å². The second-order valence-corrected chi connectivity index (χ2v) is 7.46. The summed E-state index contributed by atoms with van der Waals surface area (Å²) in [5.41, 5.74) is 0.764. The fourth-order valence-electron chi connectivity index (χ4n) is 2.93. The van der Waals surface area contributed by atoms with Crippen LogP contribution >= 0.6 is 23.2 Å². The van der Waals surface area contributed by atoms with E-state index in [2.05, 4.69) is 5.32 Å². The lowest BCUT2D eigenvalue weighted by atomic mass is 10.2. The van der Waals surface area contributed by atoms with E-state index in [1.165, 1.54) is 19.2 Å². The lowest BCUT2D eigenvalue weighted by molar-refractivity contribution is -0.120. The van der Waals surface area contributed by atoms with E-state index < -0.39 is 17.8 Å². The summed E-state index contributed by atoms with van der Waals surface area (Å²) in [7, 11) is 1.41. The van der Waals surface area contributed by atoms with E-state index in [9.17, 15) is 14.4 Å². The largest absolute Gasteiger partial charge is 0.495 e. The average molecular weight is 463 g/mol. The Morgan fingerprint density at radius 1 is 1.10 bits per heavy atom. The van der Waals surface area contributed by atoms with Crippen LogP contribution < -0.4 is 15.0 Å². The third kappa shape index (κ3) is 4.84. The number of rotatable bonds is 8. The highest BCUT2D eigenvalue weighted by Gasteiger charge is 2.40. The predicted molar refractivity (Wildman–Crippen MR) is 119 cm³/mol. The van der Waals surface area contributed by atoms with Gasteiger partial charge in [-0.1, -0.05) is 42.6 Å². The van der Waals surface area contributed by atoms with Crippen molar-refractivity contribution >= 4 is 52.4 Å². The Morgan fingerprint density at radius 3 is 2.58 bits per heavy atom. The fraction of sp³-hybridized carbons (Fsp3) is 0.227. The average Bonchev–Trinajstić information content (AvgIpc) is 2.97. The molecular formula is C22H20Cl2N2O5. The normalized spacial score (nSPS) is 13.6. The summed E-state index contributed by atoms with van der Waals surface area (Å²) >= 11 is 12.2. The first kappa shape index (κ1) is 22.7. The third-order valence-corrected chi connectivity index (χ3v) is 5.09. The second-order valence-electron chi connectivity index (χ2n) is 6.65. The summed E-state index contributed by atoms with van der Waals surface area (Å²) in [6.45, 7) is 2.32. The Hall–Kier alpha value is -3.03. The number of esters is 1. The maximum absolute atomic E-state index is 13.0. The number of imide groups is 1. The molecule has 0 atom stereocenters. The maximum atomic E-state index is 13.0. The summed E-state index contributed by atoms with van der Waals surface area (Å²) in [6.07, 6.45) is 1.68. The lowest BCUT2D eigenvalue weighted by Gasteiger charge is -2.18. The van der Waals surface area contributed by atoms with E-state index in [0.29, 0.717) is 22.9 Å². The number of ether oxygens (including phenoxy) is 2. The molecule has 0 unspecified atom stereocenters. The van der Waals surface area contributed by atoms with Crippen molar-refractivity contribution < 1.29 is 23.9 Å². The highest BCUT2D eigenvalue weighted by molar-refractivity contribution is 6.53. The van der Waals surface area contributed by atoms with Crippen molar-refractivity contribution in [1.82, 2.24) is 0 Å². The van der Waals surface area contributed by atoms with Crippen molar-refractivity contribution in [2.24, 2.45) is 0 Å². The molecule has 1 N–H and O–H groups in total. The minimum Gasteiger partial charge on any atom is -0.495 e. The van der Waals surface area contributed by atoms with E-state index in [4.69, 9.17) is 32.7 Å². The third-order valence-electron chi connectivity index (χ3n) is 4.51. The second kappa shape index (κ2) is 9.85. The molecule has 31 heavy (non-hydrogen) atoms. The zero-order valence-electron chi connectivity index (χ0n) is 16.9. The summed E-state index contributed by atoms with van der Waals surface area (Å²) < 4.78 is 10.4. The van der Waals surface area contributed by atoms with Gasteiger partial charge in [-0.15, -0.1) is 0 Å². The van der Waals surface area contributed by atoms with Crippen LogP contribution in [0.1, 0.15) is 30.1 Å². The van der Waals surface area contributed by atoms with Gasteiger partial charge in [-0.25, -0.2) is 9.69 Å². The van der Waals surface area contributed by atoms with Gasteiger partial charge in [-0.3, -0.25) is 9.59 Å². The van der Waals surface area contributed by atoms with Crippen molar-refractivity contribution in [3.63, 3.8) is 0 Å². The SMILES string of the molecule is CCCCOC(=O)c1cccc(NC2=C(Cl)C(=O)N(c3cc(Cl)ccc3OC)C2=O)c1. The van der Waals surface area contributed by atoms with E-state index in [0.717, 1.165) is 17.7 Å². The molecule has 0 saturated carbocycles. The van der Waals surface area contributed by atoms with Crippen LogP contribution in [0.3, 0.4) is 0 Å². The van der Waals surface area contributed by atoms with Crippen LogP contribution in [-0.2, 0) is 14.3 Å². The van der Waals surface area contributed by atoms with Gasteiger partial charge in [0.1, 0.15) is 16.5 Å². The summed E-state index contributed by atoms with van der Waals surface area (Å²) in [5.74, 6) is -1.58. The molecule has 1 aliphatic rings. The first-order chi connectivity index (χ1) is 14.9. The minimum absolute atomic E-state index is 0.120. The van der Waals surface area contributed by atoms with Crippen LogP contribution in [-0.4, -0.2) is 31.5 Å². The smallest absolute Gasteiger partial charge is 0.338 e. The number of halogens is 2. The molecular weight excluding hydrogens is 443 g/mol. The van der Waals surface area contributed by atoms with Crippen molar-refractivity contribution in [1.29, 1.82) is 0 Å². The van der Waals surface area contributed by atoms with Gasteiger partial charge < -0.3 is 14.8 Å². The molecule has 2 aromatic rings. The zero-order chi connectivity index (χ0) is 22.5. The van der Waals surface area contributed by atoms with Gasteiger partial charge in [0.05, 0.1) is 25.0 Å². The van der Waals surface area contributed by atoms with Crippen molar-refractivity contribution in [3.05, 3.63) is 63.8 Å². The lowest BCUT2D eigenvalue weighted by Crippen LogP contribution is -2.32. The molecule has 0 saturated heterocycles. The van der Waals surface area contributed by atoms with Crippen LogP contribution in [0, 0.1) is 0 Å². The van der Waals surface area contributed by atoms with Gasteiger partial charge in [-0.2, -0.15) is 0 Å². The van der Waals surface area contributed by atoms with Gasteiger partial charge in [0, 0.05) is 10.7 Å². The van der Waals surface area contributed by atoms with E-state index in [1.807, 2.05) is 6.92 Å². The predicted octanol–water partition coefficient (Wildman–Crippen LogP) is 4.74. The Balaban J connectivity index is 1.84. The van der Waals surface area contributed by atoms with E-state index >= 15 is 0 Å². The van der Waals surface area contributed by atoms with Crippen LogP contribution in [0.15, 0.2) is 53.2 Å². The molecule has 2 amide bonds. The molecule has 7 nitrogen and oxygen atoms in total. The molecule has 1 heterocycles. The monoisotopic (exact) mass is 462 g/mol. The maximum Gasteiger partial charge on any atom is 0.338 e. The molecule has 1 aliphatic heterocycles. The number of unbranched alkanes of at least 4 members (excludes halogenated alkanes) is 1. The number of amides is 2. The number of carbonyl (C=O) groups is 3. The zero-order valence-corrected chi connectivity index (χ0v) is 18.4. The highest BCUT2D eigenvalue weighted by Crippen LogP contribution is 2.37. The van der Waals surface area contributed by atoms with Crippen molar-refractivity contribution in [2.45, 2.75) is 19.8 Å². The molecule has 3 rings (SSSR count). The Kier molecular flexibility index (Phi) is 7.20. The molecule has 0 aromatic heterocycles. The van der Waals surface area contributed by atoms with E-state index in [-0.39, 0.29) is 22.2 Å². The first-order valence-electron chi connectivity index (χ1n) is 9.53. The van der Waals surface area contributed by atoms with Crippen LogP contribution in [0.4, 0.5) is 11.4 Å². The fourth-order valence-corrected chi connectivity index (χ4v) is 3.31. The quantitative estimate of drug-likeness (QED) is 0.346. The minimum atomic E-state index is -0.718. The summed E-state index contributed by atoms with van der Waals surface area (Å²) in [5, 5.41) is 2.87. The molecule has 0 spiro atoms. The molecule has 0 radical (unpaired) electrons. The summed E-state index contributed by atoms with van der Waals surface area (Å²) in [6, 6.07) is 11.0. The van der Waals surface area contributed by atoms with Gasteiger partial charge in [0.2, 0.25) is 0 Å². The number of hydrogen-bond donors (Lipinski definition) is 1. The number of hydrogen-bond acceptors (Lipinski definition) is 6. The van der Waals surface area contributed by atoms with Crippen LogP contribution in [0.25, 0.3) is 0 Å². The highest BCUT2D eigenvalue weighted by atomic mass is 35.5. The van der Waals surface area contributed by atoms with Crippen molar-refractivity contribution in [2.75, 3.05) is 23.9 Å². The number of nitrogens with one attached hydrogen (secondary N) is 1. The van der Waals surface area contributed by atoms with Gasteiger partial charge in [0.25, 0.3) is 11.8 Å². The standard InChI is InChI=1S/C22H20Cl2N2O5/c1-3-4-10-31-22(29)13-6-5-7-15(11-13)25-19-18(24)20(27)26(21(19)28)16-12-14(23)8-9-17(16)30-2/h5-9,11-12,25H,3-4,10H2,1-2H3. The molecule has 0 bridgehead atoms. The number of methoxy groups -OCH3 is 1. The first-order valence-corrected chi connectivity index (χ1v) is 10.3. The Bertz CT molecular complexity index is 1070. The number of carbonyl (C=O) groups excluding carboxylic acids is 3. The van der Waals surface area contributed by atoms with Gasteiger partial charge in [0.15, 0.2) is 0 Å². The van der Waals surface area contributed by atoms with Gasteiger partial charge in [-0.05, 0) is 42.8 Å². The molecule has 9 heteroatoms. The van der Waals surface area contributed by atoms with Gasteiger partial charge >= 0.3 is 5.97 Å². The van der Waals surface area contributed by atoms with Crippen LogP contribution in [0.5, 0.6) is 5.75 Å².